The maximum Gasteiger partial charge on any atom is 0.353 e. The molecule has 9 nitrogen and oxygen atoms in total. The summed E-state index contributed by atoms with van der Waals surface area (Å²) < 4.78 is 0. The molecule has 0 aliphatic rings. The summed E-state index contributed by atoms with van der Waals surface area (Å²) in [7, 11) is 0. The topological polar surface area (TPSA) is 113 Å². The van der Waals surface area contributed by atoms with E-state index in [1.807, 2.05) is 62.1 Å². The Morgan fingerprint density at radius 2 is 1.97 bits per heavy atom. The average molecular weight is 407 g/mol. The van der Waals surface area contributed by atoms with Gasteiger partial charge in [0.25, 0.3) is 0 Å². The van der Waals surface area contributed by atoms with Crippen LogP contribution in [0.15, 0.2) is 36.4 Å². The van der Waals surface area contributed by atoms with Gasteiger partial charge in [-0.15, -0.1) is 0 Å². The van der Waals surface area contributed by atoms with Crippen LogP contribution in [0.1, 0.15) is 37.4 Å². The molecule has 0 fully saturated rings. The molecular weight excluding hydrogens is 382 g/mol. The van der Waals surface area contributed by atoms with Crippen LogP contribution >= 0.6 is 0 Å². The Hall–Kier alpha value is -3.75. The lowest BCUT2D eigenvalue weighted by atomic mass is 10.2. The summed E-state index contributed by atoms with van der Waals surface area (Å²) in [5, 5.41) is 21.9. The van der Waals surface area contributed by atoms with Gasteiger partial charge in [-0.2, -0.15) is 5.10 Å². The number of aromatic nitrogens is 4. The van der Waals surface area contributed by atoms with Gasteiger partial charge in [-0.1, -0.05) is 43.3 Å². The largest absolute Gasteiger partial charge is 0.353 e. The van der Waals surface area contributed by atoms with Crippen LogP contribution in [-0.2, 0) is 0 Å². The molecule has 0 amide bonds. The minimum absolute atomic E-state index is 0.110. The number of aromatic amines is 1. The smallest absolute Gasteiger partial charge is 0.351 e. The van der Waals surface area contributed by atoms with Gasteiger partial charge in [0.2, 0.25) is 11.6 Å². The number of anilines is 3. The summed E-state index contributed by atoms with van der Waals surface area (Å²) in [6.45, 7) is 7.07. The first-order valence-electron chi connectivity index (χ1n) is 9.85. The maximum atomic E-state index is 12.0. The molecule has 2 aromatic heterocycles. The maximum absolute atomic E-state index is 12.0. The van der Waals surface area contributed by atoms with E-state index in [4.69, 9.17) is 0 Å². The zero-order valence-corrected chi connectivity index (χ0v) is 17.3. The number of nitrogens with one attached hydrogen (secondary N) is 2. The minimum atomic E-state index is -0.444. The molecule has 0 aliphatic carbocycles. The van der Waals surface area contributed by atoms with Crippen LogP contribution in [0.4, 0.5) is 23.1 Å². The van der Waals surface area contributed by atoms with E-state index in [2.05, 4.69) is 25.5 Å². The molecule has 3 rings (SSSR count). The highest BCUT2D eigenvalue weighted by Crippen LogP contribution is 2.34. The Morgan fingerprint density at radius 3 is 2.57 bits per heavy atom. The second-order valence-corrected chi connectivity index (χ2v) is 6.74. The van der Waals surface area contributed by atoms with Gasteiger partial charge in [-0.25, -0.2) is 9.97 Å². The molecule has 1 aromatic carbocycles. The Balaban J connectivity index is 2.11. The second-order valence-electron chi connectivity index (χ2n) is 6.74. The van der Waals surface area contributed by atoms with E-state index < -0.39 is 4.92 Å². The highest BCUT2D eigenvalue weighted by atomic mass is 16.6. The third kappa shape index (κ3) is 4.99. The van der Waals surface area contributed by atoms with Crippen LogP contribution in [0.2, 0.25) is 0 Å². The van der Waals surface area contributed by atoms with E-state index >= 15 is 0 Å². The fourth-order valence-electron chi connectivity index (χ4n) is 3.03. The van der Waals surface area contributed by atoms with Gasteiger partial charge >= 0.3 is 5.69 Å². The molecule has 0 unspecified atom stereocenters. The quantitative estimate of drug-likeness (QED) is 0.395. The molecule has 30 heavy (non-hydrogen) atoms. The lowest BCUT2D eigenvalue weighted by Gasteiger charge is -2.22. The molecule has 0 saturated carbocycles. The van der Waals surface area contributed by atoms with Crippen molar-refractivity contribution in [1.29, 1.82) is 0 Å². The van der Waals surface area contributed by atoms with Crippen molar-refractivity contribution in [3.63, 3.8) is 0 Å². The summed E-state index contributed by atoms with van der Waals surface area (Å²) >= 11 is 0. The molecule has 156 valence electrons. The average Bonchev–Trinajstić information content (AvgIpc) is 3.15. The minimum Gasteiger partial charge on any atom is -0.351 e. The number of benzene rings is 1. The molecule has 2 heterocycles. The number of rotatable bonds is 9. The number of nitro groups is 1. The van der Waals surface area contributed by atoms with Crippen molar-refractivity contribution in [2.75, 3.05) is 23.3 Å². The van der Waals surface area contributed by atoms with Crippen LogP contribution in [0.3, 0.4) is 0 Å². The molecule has 0 atom stereocenters. The van der Waals surface area contributed by atoms with Crippen molar-refractivity contribution >= 4 is 35.3 Å². The van der Waals surface area contributed by atoms with Crippen molar-refractivity contribution in [3.8, 4) is 0 Å². The van der Waals surface area contributed by atoms with Gasteiger partial charge in [-0.3, -0.25) is 15.2 Å². The van der Waals surface area contributed by atoms with Crippen molar-refractivity contribution in [1.82, 2.24) is 20.2 Å². The van der Waals surface area contributed by atoms with Gasteiger partial charge in [0.05, 0.1) is 4.92 Å². The molecule has 3 aromatic rings. The third-order valence-electron chi connectivity index (χ3n) is 4.42. The number of H-pyrrole nitrogens is 1. The van der Waals surface area contributed by atoms with E-state index in [-0.39, 0.29) is 11.5 Å². The van der Waals surface area contributed by atoms with Crippen LogP contribution < -0.4 is 10.2 Å². The van der Waals surface area contributed by atoms with Crippen molar-refractivity contribution in [2.24, 2.45) is 0 Å². The first-order valence-corrected chi connectivity index (χ1v) is 9.85. The van der Waals surface area contributed by atoms with E-state index in [0.29, 0.717) is 30.5 Å². The van der Waals surface area contributed by atoms with Crippen molar-refractivity contribution in [3.05, 3.63) is 63.6 Å². The monoisotopic (exact) mass is 407 g/mol. The summed E-state index contributed by atoms with van der Waals surface area (Å²) in [5.74, 6) is 1.24. The zero-order chi connectivity index (χ0) is 21.5. The number of hydrogen-bond acceptors (Lipinski definition) is 7. The van der Waals surface area contributed by atoms with E-state index in [9.17, 15) is 10.1 Å². The van der Waals surface area contributed by atoms with Crippen LogP contribution in [0, 0.1) is 17.0 Å². The zero-order valence-electron chi connectivity index (χ0n) is 17.3. The first-order chi connectivity index (χ1) is 14.5. The normalized spacial score (nSPS) is 11.0. The summed E-state index contributed by atoms with van der Waals surface area (Å²) in [4.78, 5) is 22.4. The molecule has 0 aliphatic heterocycles. The SMILES string of the molecule is CCCN(CC)c1nc(/C=C/c2ccccc2)nc(Nc2cc(C)[nH]n2)c1[N+](=O)[O-]. The number of aryl methyl sites for hydroxylation is 1. The van der Waals surface area contributed by atoms with Crippen molar-refractivity contribution in [2.45, 2.75) is 27.2 Å². The van der Waals surface area contributed by atoms with Crippen LogP contribution in [0.5, 0.6) is 0 Å². The number of nitrogens with zero attached hydrogens (tertiary/aromatic N) is 5. The van der Waals surface area contributed by atoms with Gasteiger partial charge in [0.1, 0.15) is 0 Å². The van der Waals surface area contributed by atoms with E-state index in [0.717, 1.165) is 17.7 Å². The summed E-state index contributed by atoms with van der Waals surface area (Å²) in [6, 6.07) is 11.5. The Morgan fingerprint density at radius 1 is 1.20 bits per heavy atom. The Kier molecular flexibility index (Phi) is 6.74. The molecule has 2 N–H and O–H groups in total. The third-order valence-corrected chi connectivity index (χ3v) is 4.42. The summed E-state index contributed by atoms with van der Waals surface area (Å²) in [5.41, 5.74) is 1.65. The predicted octanol–water partition coefficient (Wildman–Crippen LogP) is 4.57. The van der Waals surface area contributed by atoms with Gasteiger partial charge in [0.15, 0.2) is 11.6 Å². The fraction of sp³-hybridized carbons (Fsp3) is 0.286. The predicted molar refractivity (Wildman–Crippen MR) is 119 cm³/mol. The molecule has 0 radical (unpaired) electrons. The Labute approximate surface area is 175 Å². The lowest BCUT2D eigenvalue weighted by molar-refractivity contribution is -0.383. The molecule has 0 bridgehead atoms. The van der Waals surface area contributed by atoms with Crippen LogP contribution in [0.25, 0.3) is 12.2 Å². The lowest BCUT2D eigenvalue weighted by Crippen LogP contribution is -2.26. The second kappa shape index (κ2) is 9.64. The summed E-state index contributed by atoms with van der Waals surface area (Å²) in [6.07, 6.45) is 4.47. The molecule has 0 saturated heterocycles. The number of hydrogen-bond donors (Lipinski definition) is 2. The Bertz CT molecular complexity index is 1030. The van der Waals surface area contributed by atoms with E-state index in [1.165, 1.54) is 0 Å². The van der Waals surface area contributed by atoms with Crippen LogP contribution in [-0.4, -0.2) is 38.2 Å². The first kappa shape index (κ1) is 21.0. The van der Waals surface area contributed by atoms with Gasteiger partial charge in [-0.05, 0) is 31.9 Å². The highest BCUT2D eigenvalue weighted by molar-refractivity contribution is 5.77. The fourth-order valence-corrected chi connectivity index (χ4v) is 3.03. The molecular formula is C21H25N7O2. The highest BCUT2D eigenvalue weighted by Gasteiger charge is 2.28. The van der Waals surface area contributed by atoms with Crippen molar-refractivity contribution < 1.29 is 4.92 Å². The van der Waals surface area contributed by atoms with Gasteiger partial charge in [0, 0.05) is 24.8 Å². The molecule has 0 spiro atoms. The van der Waals surface area contributed by atoms with E-state index in [1.54, 1.807) is 12.1 Å². The van der Waals surface area contributed by atoms with Gasteiger partial charge < -0.3 is 10.2 Å². The standard InChI is InChI=1S/C21H25N7O2/c1-4-13-27(5-2)21-19(28(29)30)20(23-18-14-15(3)25-26-18)22-17(24-21)12-11-16-9-7-6-8-10-16/h6-12,14H,4-5,13H2,1-3H3,(H2,22,23,24,25,26)/b12-11+. The molecule has 9 heteroatoms.